The number of benzene rings is 2. The largest absolute Gasteiger partial charge is 0.454 e. The molecule has 1 aliphatic heterocycles. The molecule has 0 atom stereocenters. The maximum atomic E-state index is 12.1. The number of fused-ring (bicyclic) bond motifs is 1. The molecule has 2 N–H and O–H groups in total. The minimum atomic E-state index is -2.84. The maximum Gasteiger partial charge on any atom is 0.387 e. The molecule has 6 nitrogen and oxygen atoms in total. The summed E-state index contributed by atoms with van der Waals surface area (Å²) in [7, 11) is 0. The van der Waals surface area contributed by atoms with Crippen LogP contribution >= 0.6 is 0 Å². The Balaban J connectivity index is 1.37. The number of hydrogen-bond donors (Lipinski definition) is 2. The molecule has 2 amide bonds. The molecular formula is C18H18F2N2O4. The Morgan fingerprint density at radius 1 is 1.04 bits per heavy atom. The molecule has 1 aliphatic rings. The average molecular weight is 364 g/mol. The third kappa shape index (κ3) is 4.98. The predicted octanol–water partition coefficient (Wildman–Crippen LogP) is 3.06. The van der Waals surface area contributed by atoms with Gasteiger partial charge >= 0.3 is 12.6 Å². The van der Waals surface area contributed by atoms with Crippen LogP contribution in [0.1, 0.15) is 11.1 Å². The highest BCUT2D eigenvalue weighted by Crippen LogP contribution is 2.32. The van der Waals surface area contributed by atoms with Crippen LogP contribution in [0.15, 0.2) is 42.5 Å². The summed E-state index contributed by atoms with van der Waals surface area (Å²) < 4.78 is 39.0. The van der Waals surface area contributed by atoms with Gasteiger partial charge in [0.15, 0.2) is 11.5 Å². The van der Waals surface area contributed by atoms with Gasteiger partial charge in [-0.05, 0) is 41.8 Å². The van der Waals surface area contributed by atoms with Crippen molar-refractivity contribution < 1.29 is 27.8 Å². The van der Waals surface area contributed by atoms with E-state index in [0.29, 0.717) is 31.0 Å². The highest BCUT2D eigenvalue weighted by molar-refractivity contribution is 5.73. The van der Waals surface area contributed by atoms with E-state index in [0.717, 1.165) is 11.1 Å². The second-order valence-corrected chi connectivity index (χ2v) is 5.57. The van der Waals surface area contributed by atoms with E-state index < -0.39 is 6.61 Å². The summed E-state index contributed by atoms with van der Waals surface area (Å²) >= 11 is 0. The summed E-state index contributed by atoms with van der Waals surface area (Å²) in [6.07, 6.45) is 0.576. The molecule has 2 aromatic carbocycles. The van der Waals surface area contributed by atoms with Crippen molar-refractivity contribution in [1.82, 2.24) is 10.6 Å². The van der Waals surface area contributed by atoms with Gasteiger partial charge in [-0.1, -0.05) is 18.2 Å². The zero-order valence-electron chi connectivity index (χ0n) is 13.8. The molecule has 0 unspecified atom stereocenters. The van der Waals surface area contributed by atoms with Gasteiger partial charge in [0.25, 0.3) is 0 Å². The fraction of sp³-hybridized carbons (Fsp3) is 0.278. The van der Waals surface area contributed by atoms with Crippen molar-refractivity contribution in [3.05, 3.63) is 53.6 Å². The van der Waals surface area contributed by atoms with Gasteiger partial charge < -0.3 is 24.8 Å². The summed E-state index contributed by atoms with van der Waals surface area (Å²) in [5.74, 6) is 1.48. The van der Waals surface area contributed by atoms with Gasteiger partial charge in [-0.25, -0.2) is 4.79 Å². The number of halogens is 2. The molecule has 0 spiro atoms. The number of rotatable bonds is 7. The quantitative estimate of drug-likeness (QED) is 0.792. The number of urea groups is 1. The van der Waals surface area contributed by atoms with E-state index in [2.05, 4.69) is 15.4 Å². The van der Waals surface area contributed by atoms with Crippen molar-refractivity contribution in [2.75, 3.05) is 13.3 Å². The van der Waals surface area contributed by atoms with Crippen LogP contribution in [0.4, 0.5) is 13.6 Å². The number of alkyl halides is 2. The third-order valence-corrected chi connectivity index (χ3v) is 3.74. The van der Waals surface area contributed by atoms with Crippen molar-refractivity contribution in [3.8, 4) is 17.2 Å². The van der Waals surface area contributed by atoms with Crippen LogP contribution in [-0.2, 0) is 13.0 Å². The summed E-state index contributed by atoms with van der Waals surface area (Å²) in [4.78, 5) is 11.8. The lowest BCUT2D eigenvalue weighted by Gasteiger charge is -2.09. The normalized spacial score (nSPS) is 12.1. The first kappa shape index (κ1) is 17.8. The lowest BCUT2D eigenvalue weighted by Crippen LogP contribution is -2.36. The van der Waals surface area contributed by atoms with E-state index >= 15 is 0 Å². The molecule has 138 valence electrons. The summed E-state index contributed by atoms with van der Waals surface area (Å²) in [6.45, 7) is -1.84. The van der Waals surface area contributed by atoms with E-state index in [1.54, 1.807) is 18.2 Å². The first-order chi connectivity index (χ1) is 12.6. The van der Waals surface area contributed by atoms with E-state index in [1.165, 1.54) is 12.1 Å². The van der Waals surface area contributed by atoms with Gasteiger partial charge in [0, 0.05) is 13.1 Å². The van der Waals surface area contributed by atoms with Crippen LogP contribution in [-0.4, -0.2) is 26.0 Å². The lowest BCUT2D eigenvalue weighted by molar-refractivity contribution is -0.0498. The highest BCUT2D eigenvalue weighted by Gasteiger charge is 2.13. The highest BCUT2D eigenvalue weighted by atomic mass is 19.3. The van der Waals surface area contributed by atoms with Crippen LogP contribution in [0.5, 0.6) is 17.2 Å². The molecule has 0 bridgehead atoms. The molecule has 0 saturated carbocycles. The van der Waals surface area contributed by atoms with Gasteiger partial charge in [-0.15, -0.1) is 0 Å². The molecule has 1 heterocycles. The van der Waals surface area contributed by atoms with Crippen molar-refractivity contribution in [2.24, 2.45) is 0 Å². The zero-order valence-corrected chi connectivity index (χ0v) is 13.8. The number of carbonyl (C=O) groups is 1. The third-order valence-electron chi connectivity index (χ3n) is 3.74. The number of carbonyl (C=O) groups excluding carboxylic acids is 1. The second kappa shape index (κ2) is 8.37. The van der Waals surface area contributed by atoms with Crippen molar-refractivity contribution in [3.63, 3.8) is 0 Å². The van der Waals surface area contributed by atoms with Gasteiger partial charge in [0.2, 0.25) is 6.79 Å². The van der Waals surface area contributed by atoms with E-state index in [1.807, 2.05) is 12.1 Å². The molecule has 0 saturated heterocycles. The topological polar surface area (TPSA) is 68.8 Å². The van der Waals surface area contributed by atoms with Gasteiger partial charge in [-0.3, -0.25) is 0 Å². The summed E-state index contributed by atoms with van der Waals surface area (Å²) in [5, 5.41) is 5.50. The maximum absolute atomic E-state index is 12.1. The molecule has 8 heteroatoms. The SMILES string of the molecule is O=C(NCCc1ccc(OC(F)F)cc1)NCc1ccc2c(c1)OCO2. The predicted molar refractivity (Wildman–Crippen MR) is 89.6 cm³/mol. The fourth-order valence-corrected chi connectivity index (χ4v) is 2.45. The van der Waals surface area contributed by atoms with Crippen LogP contribution in [0, 0.1) is 0 Å². The van der Waals surface area contributed by atoms with E-state index in [-0.39, 0.29) is 18.6 Å². The first-order valence-corrected chi connectivity index (χ1v) is 8.04. The second-order valence-electron chi connectivity index (χ2n) is 5.57. The Kier molecular flexibility index (Phi) is 5.73. The Morgan fingerprint density at radius 2 is 1.77 bits per heavy atom. The summed E-state index contributed by atoms with van der Waals surface area (Å²) in [6, 6.07) is 11.5. The molecule has 26 heavy (non-hydrogen) atoms. The molecule has 0 fully saturated rings. The molecular weight excluding hydrogens is 346 g/mol. The molecule has 0 aromatic heterocycles. The van der Waals surface area contributed by atoms with E-state index in [9.17, 15) is 13.6 Å². The van der Waals surface area contributed by atoms with Gasteiger partial charge in [0.1, 0.15) is 5.75 Å². The van der Waals surface area contributed by atoms with Gasteiger partial charge in [-0.2, -0.15) is 8.78 Å². The number of hydrogen-bond acceptors (Lipinski definition) is 4. The monoisotopic (exact) mass is 364 g/mol. The molecule has 0 aliphatic carbocycles. The average Bonchev–Trinajstić information content (AvgIpc) is 3.09. The Hall–Kier alpha value is -3.03. The standard InChI is InChI=1S/C18H18F2N2O4/c19-17(20)26-14-4-1-12(2-5-14)7-8-21-18(23)22-10-13-3-6-15-16(9-13)25-11-24-15/h1-6,9,17H,7-8,10-11H2,(H2,21,22,23). The van der Waals surface area contributed by atoms with Crippen molar-refractivity contribution in [1.29, 1.82) is 0 Å². The van der Waals surface area contributed by atoms with Crippen molar-refractivity contribution in [2.45, 2.75) is 19.6 Å². The van der Waals surface area contributed by atoms with Crippen LogP contribution in [0.2, 0.25) is 0 Å². The lowest BCUT2D eigenvalue weighted by atomic mass is 10.1. The molecule has 0 radical (unpaired) electrons. The minimum absolute atomic E-state index is 0.109. The first-order valence-electron chi connectivity index (χ1n) is 8.04. The number of nitrogens with one attached hydrogen (secondary N) is 2. The van der Waals surface area contributed by atoms with Crippen molar-refractivity contribution >= 4 is 6.03 Å². The Labute approximate surface area is 149 Å². The Bertz CT molecular complexity index is 753. The smallest absolute Gasteiger partial charge is 0.387 e. The Morgan fingerprint density at radius 3 is 2.54 bits per heavy atom. The number of amides is 2. The zero-order chi connectivity index (χ0) is 18.4. The number of ether oxygens (including phenoxy) is 3. The molecule has 2 aromatic rings. The van der Waals surface area contributed by atoms with E-state index in [4.69, 9.17) is 9.47 Å². The van der Waals surface area contributed by atoms with Gasteiger partial charge in [0.05, 0.1) is 0 Å². The summed E-state index contributed by atoms with van der Waals surface area (Å²) in [5.41, 5.74) is 1.81. The fourth-order valence-electron chi connectivity index (χ4n) is 2.45. The van der Waals surface area contributed by atoms with Crippen LogP contribution < -0.4 is 24.8 Å². The molecule has 3 rings (SSSR count). The minimum Gasteiger partial charge on any atom is -0.454 e. The van der Waals surface area contributed by atoms with Crippen LogP contribution in [0.25, 0.3) is 0 Å². The van der Waals surface area contributed by atoms with Crippen LogP contribution in [0.3, 0.4) is 0 Å².